The lowest BCUT2D eigenvalue weighted by molar-refractivity contribution is -0.121. The van der Waals surface area contributed by atoms with Gasteiger partial charge in [0, 0.05) is 13.7 Å². The molecule has 2 heterocycles. The van der Waals surface area contributed by atoms with Crippen LogP contribution in [-0.4, -0.2) is 49.3 Å². The molecule has 0 aromatic rings. The van der Waals surface area contributed by atoms with Crippen LogP contribution < -0.4 is 10.6 Å². The van der Waals surface area contributed by atoms with Gasteiger partial charge in [-0.1, -0.05) is 0 Å². The van der Waals surface area contributed by atoms with Crippen LogP contribution in [0, 0.1) is 0 Å². The molecule has 2 fully saturated rings. The van der Waals surface area contributed by atoms with Gasteiger partial charge in [0.1, 0.15) is 0 Å². The third kappa shape index (κ3) is 3.36. The quantitative estimate of drug-likeness (QED) is 0.765. The highest BCUT2D eigenvalue weighted by molar-refractivity contribution is 8.00. The van der Waals surface area contributed by atoms with Crippen LogP contribution in [0.15, 0.2) is 0 Å². The molecule has 98 valence electrons. The van der Waals surface area contributed by atoms with Crippen LogP contribution in [0.5, 0.6) is 0 Å². The second kappa shape index (κ2) is 6.07. The van der Waals surface area contributed by atoms with Gasteiger partial charge in [-0.25, -0.2) is 0 Å². The van der Waals surface area contributed by atoms with E-state index in [2.05, 4.69) is 10.6 Å². The summed E-state index contributed by atoms with van der Waals surface area (Å²) in [5.41, 5.74) is -0.0340. The third-order valence-corrected chi connectivity index (χ3v) is 4.95. The average molecular weight is 258 g/mol. The number of thioether (sulfide) groups is 1. The smallest absolute Gasteiger partial charge is 0.233 e. The summed E-state index contributed by atoms with van der Waals surface area (Å²) in [6, 6.07) is 0. The Morgan fingerprint density at radius 3 is 3.06 bits per heavy atom. The van der Waals surface area contributed by atoms with Crippen molar-refractivity contribution >= 4 is 17.7 Å². The molecule has 2 N–H and O–H groups in total. The van der Waals surface area contributed by atoms with Crippen LogP contribution in [0.2, 0.25) is 0 Å². The Hall–Kier alpha value is -0.260. The molecule has 0 bridgehead atoms. The molecule has 17 heavy (non-hydrogen) atoms. The van der Waals surface area contributed by atoms with E-state index in [9.17, 15) is 4.79 Å². The maximum Gasteiger partial charge on any atom is 0.233 e. The predicted molar refractivity (Wildman–Crippen MR) is 70.3 cm³/mol. The van der Waals surface area contributed by atoms with Gasteiger partial charge >= 0.3 is 0 Å². The van der Waals surface area contributed by atoms with Crippen molar-refractivity contribution in [1.29, 1.82) is 0 Å². The van der Waals surface area contributed by atoms with Crippen LogP contribution in [0.1, 0.15) is 25.7 Å². The number of nitrogens with one attached hydrogen (secondary N) is 2. The van der Waals surface area contributed by atoms with Gasteiger partial charge in [0.05, 0.1) is 17.4 Å². The van der Waals surface area contributed by atoms with Crippen molar-refractivity contribution in [2.24, 2.45) is 0 Å². The lowest BCUT2D eigenvalue weighted by atomic mass is 9.98. The molecule has 0 saturated carbocycles. The van der Waals surface area contributed by atoms with E-state index in [0.717, 1.165) is 31.6 Å². The van der Waals surface area contributed by atoms with E-state index in [1.54, 1.807) is 18.9 Å². The number of hydrogen-bond acceptors (Lipinski definition) is 4. The van der Waals surface area contributed by atoms with Crippen LogP contribution in [0.4, 0.5) is 0 Å². The molecule has 2 saturated heterocycles. The lowest BCUT2D eigenvalue weighted by Crippen LogP contribution is -2.53. The van der Waals surface area contributed by atoms with Crippen LogP contribution >= 0.6 is 11.8 Å². The van der Waals surface area contributed by atoms with E-state index in [-0.39, 0.29) is 16.7 Å². The number of hydrogen-bond donors (Lipinski definition) is 2. The van der Waals surface area contributed by atoms with Gasteiger partial charge in [-0.2, -0.15) is 0 Å². The molecule has 1 amide bonds. The van der Waals surface area contributed by atoms with Gasteiger partial charge in [0.2, 0.25) is 5.91 Å². The van der Waals surface area contributed by atoms with Crippen molar-refractivity contribution in [3.05, 3.63) is 0 Å². The number of carbonyl (C=O) groups excluding carboxylic acids is 1. The summed E-state index contributed by atoms with van der Waals surface area (Å²) in [6.45, 7) is 2.39. The molecule has 2 rings (SSSR count). The lowest BCUT2D eigenvalue weighted by Gasteiger charge is -2.29. The monoisotopic (exact) mass is 258 g/mol. The first-order valence-corrected chi connectivity index (χ1v) is 7.44. The van der Waals surface area contributed by atoms with Crippen molar-refractivity contribution in [3.63, 3.8) is 0 Å². The highest BCUT2D eigenvalue weighted by atomic mass is 32.2. The topological polar surface area (TPSA) is 50.4 Å². The molecule has 0 radical (unpaired) electrons. The van der Waals surface area contributed by atoms with Gasteiger partial charge in [0.15, 0.2) is 0 Å². The molecule has 0 aliphatic carbocycles. The Morgan fingerprint density at radius 1 is 1.59 bits per heavy atom. The zero-order chi connectivity index (χ0) is 12.1. The minimum atomic E-state index is -0.0340. The Labute approximate surface area is 107 Å². The summed E-state index contributed by atoms with van der Waals surface area (Å²) in [6.07, 6.45) is 4.45. The number of ether oxygens (including phenoxy) is 1. The first-order valence-electron chi connectivity index (χ1n) is 6.39. The summed E-state index contributed by atoms with van der Waals surface area (Å²) in [5.74, 6) is 1.33. The van der Waals surface area contributed by atoms with Crippen LogP contribution in [0.25, 0.3) is 0 Å². The average Bonchev–Trinajstić information content (AvgIpc) is 2.98. The van der Waals surface area contributed by atoms with E-state index < -0.39 is 0 Å². The fraction of sp³-hybridized carbons (Fsp3) is 0.917. The zero-order valence-corrected chi connectivity index (χ0v) is 11.3. The Bertz CT molecular complexity index is 261. The Morgan fingerprint density at radius 2 is 2.47 bits per heavy atom. The molecule has 0 aromatic carbocycles. The third-order valence-electron chi connectivity index (χ3n) is 3.58. The summed E-state index contributed by atoms with van der Waals surface area (Å²) in [4.78, 5) is 11.9. The molecule has 5 heteroatoms. The van der Waals surface area contributed by atoms with Crippen LogP contribution in [0.3, 0.4) is 0 Å². The van der Waals surface area contributed by atoms with Crippen LogP contribution in [-0.2, 0) is 9.53 Å². The van der Waals surface area contributed by atoms with Gasteiger partial charge in [-0.15, -0.1) is 11.8 Å². The van der Waals surface area contributed by atoms with E-state index in [1.165, 1.54) is 6.42 Å². The molecule has 0 aromatic heterocycles. The highest BCUT2D eigenvalue weighted by Crippen LogP contribution is 2.26. The van der Waals surface area contributed by atoms with Gasteiger partial charge < -0.3 is 15.4 Å². The fourth-order valence-corrected chi connectivity index (χ4v) is 3.81. The number of carbonyl (C=O) groups is 1. The molecule has 4 nitrogen and oxygen atoms in total. The maximum atomic E-state index is 11.9. The van der Waals surface area contributed by atoms with Crippen molar-refractivity contribution < 1.29 is 9.53 Å². The molecular weight excluding hydrogens is 236 g/mol. The van der Waals surface area contributed by atoms with Gasteiger partial charge in [-0.3, -0.25) is 4.79 Å². The predicted octanol–water partition coefficient (Wildman–Crippen LogP) is 0.767. The first kappa shape index (κ1) is 13.2. The molecular formula is C12H22N2O2S. The number of methoxy groups -OCH3 is 1. The summed E-state index contributed by atoms with van der Waals surface area (Å²) in [5, 5.41) is 6.74. The number of rotatable bonds is 5. The largest absolute Gasteiger partial charge is 0.383 e. The van der Waals surface area contributed by atoms with Crippen molar-refractivity contribution in [2.75, 3.05) is 32.6 Å². The normalized spacial score (nSPS) is 32.9. The Balaban J connectivity index is 1.80. The minimum absolute atomic E-state index is 0.0340. The molecule has 2 atom stereocenters. The molecule has 2 aliphatic heterocycles. The van der Waals surface area contributed by atoms with E-state index in [4.69, 9.17) is 4.74 Å². The Kier molecular flexibility index (Phi) is 4.70. The zero-order valence-electron chi connectivity index (χ0n) is 10.5. The van der Waals surface area contributed by atoms with Gasteiger partial charge in [-0.05, 0) is 38.0 Å². The number of amides is 1. The van der Waals surface area contributed by atoms with Crippen molar-refractivity contribution in [2.45, 2.75) is 36.5 Å². The summed E-state index contributed by atoms with van der Waals surface area (Å²) in [7, 11) is 1.72. The SMILES string of the molecule is COCC1(CNC(=O)C2CCCS2)CCCN1. The van der Waals surface area contributed by atoms with E-state index >= 15 is 0 Å². The maximum absolute atomic E-state index is 11.9. The minimum Gasteiger partial charge on any atom is -0.383 e. The highest BCUT2D eigenvalue weighted by Gasteiger charge is 2.34. The standard InChI is InChI=1S/C12H22N2O2S/c1-16-9-12(5-3-6-14-12)8-13-11(15)10-4-2-7-17-10/h10,14H,2-9H2,1H3,(H,13,15). The summed E-state index contributed by atoms with van der Waals surface area (Å²) < 4.78 is 5.27. The van der Waals surface area contributed by atoms with Gasteiger partial charge in [0.25, 0.3) is 0 Å². The fourth-order valence-electron chi connectivity index (χ4n) is 2.62. The van der Waals surface area contributed by atoms with E-state index in [1.807, 2.05) is 0 Å². The van der Waals surface area contributed by atoms with Crippen molar-refractivity contribution in [3.8, 4) is 0 Å². The molecule has 2 unspecified atom stereocenters. The molecule has 0 spiro atoms. The summed E-state index contributed by atoms with van der Waals surface area (Å²) >= 11 is 1.78. The second-order valence-corrected chi connectivity index (χ2v) is 6.27. The van der Waals surface area contributed by atoms with Crippen molar-refractivity contribution in [1.82, 2.24) is 10.6 Å². The second-order valence-electron chi connectivity index (χ2n) is 4.96. The van der Waals surface area contributed by atoms with E-state index in [0.29, 0.717) is 13.2 Å². The molecule has 2 aliphatic rings. The first-order chi connectivity index (χ1) is 8.26.